The van der Waals surface area contributed by atoms with Crippen LogP contribution in [0, 0.1) is 0 Å². The van der Waals surface area contributed by atoms with E-state index in [0.29, 0.717) is 10.8 Å². The lowest BCUT2D eigenvalue weighted by atomic mass is 10.2. The Bertz CT molecular complexity index is 480. The van der Waals surface area contributed by atoms with Crippen molar-refractivity contribution in [2.75, 3.05) is 0 Å². The third-order valence-electron chi connectivity index (χ3n) is 2.50. The first-order chi connectivity index (χ1) is 7.70. The molecule has 0 aliphatic rings. The summed E-state index contributed by atoms with van der Waals surface area (Å²) in [6, 6.07) is 7.72. The van der Waals surface area contributed by atoms with E-state index < -0.39 is 0 Å². The second kappa shape index (κ2) is 4.61. The van der Waals surface area contributed by atoms with Crippen LogP contribution in [0.25, 0.3) is 11.4 Å². The van der Waals surface area contributed by atoms with Crippen molar-refractivity contribution in [1.82, 2.24) is 20.2 Å². The smallest absolute Gasteiger partial charge is 0.161 e. The van der Waals surface area contributed by atoms with E-state index in [9.17, 15) is 0 Å². The van der Waals surface area contributed by atoms with Gasteiger partial charge in [-0.25, -0.2) is 0 Å². The number of benzene rings is 1. The highest BCUT2D eigenvalue weighted by Gasteiger charge is 2.09. The Morgan fingerprint density at radius 1 is 1.44 bits per heavy atom. The van der Waals surface area contributed by atoms with Crippen molar-refractivity contribution in [3.63, 3.8) is 0 Å². The maximum atomic E-state index is 5.91. The lowest BCUT2D eigenvalue weighted by molar-refractivity contribution is 0.414. The van der Waals surface area contributed by atoms with Gasteiger partial charge >= 0.3 is 0 Å². The summed E-state index contributed by atoms with van der Waals surface area (Å²) >= 11 is 5.91. The van der Waals surface area contributed by atoms with Gasteiger partial charge in [0.05, 0.1) is 6.04 Å². The predicted octanol–water partition coefficient (Wildman–Crippen LogP) is 2.96. The molecule has 2 rings (SSSR count). The van der Waals surface area contributed by atoms with Crippen LogP contribution in [0.2, 0.25) is 5.02 Å². The van der Waals surface area contributed by atoms with E-state index in [1.807, 2.05) is 24.3 Å². The molecule has 1 aromatic heterocycles. The van der Waals surface area contributed by atoms with Gasteiger partial charge in [0.25, 0.3) is 0 Å². The Hall–Kier alpha value is -1.42. The molecule has 5 heteroatoms. The number of hydrogen-bond donors (Lipinski definition) is 0. The molecule has 0 bridgehead atoms. The molecule has 0 aliphatic heterocycles. The molecule has 1 atom stereocenters. The minimum Gasteiger partial charge on any atom is -0.161 e. The molecule has 1 unspecified atom stereocenters. The SMILES string of the molecule is CCC(C)n1nnc(-c2cccc(Cl)c2)n1. The molecule has 0 saturated carbocycles. The van der Waals surface area contributed by atoms with E-state index in [1.54, 1.807) is 4.80 Å². The fraction of sp³-hybridized carbons (Fsp3) is 0.364. The number of hydrogen-bond acceptors (Lipinski definition) is 3. The third kappa shape index (κ3) is 2.22. The summed E-state index contributed by atoms with van der Waals surface area (Å²) in [6.45, 7) is 4.15. The Kier molecular flexibility index (Phi) is 3.19. The first kappa shape index (κ1) is 11.1. The van der Waals surface area contributed by atoms with Gasteiger partial charge in [-0.2, -0.15) is 4.80 Å². The van der Waals surface area contributed by atoms with Gasteiger partial charge in [-0.1, -0.05) is 30.7 Å². The molecule has 0 aliphatic carbocycles. The van der Waals surface area contributed by atoms with Crippen LogP contribution in [0.4, 0.5) is 0 Å². The first-order valence-electron chi connectivity index (χ1n) is 5.26. The fourth-order valence-corrected chi connectivity index (χ4v) is 1.51. The zero-order chi connectivity index (χ0) is 11.5. The molecule has 0 N–H and O–H groups in total. The quantitative estimate of drug-likeness (QED) is 0.823. The summed E-state index contributed by atoms with van der Waals surface area (Å²) in [5, 5.41) is 13.1. The minimum atomic E-state index is 0.264. The van der Waals surface area contributed by atoms with Gasteiger partial charge in [-0.05, 0) is 30.7 Å². The van der Waals surface area contributed by atoms with Gasteiger partial charge in [0.1, 0.15) is 0 Å². The zero-order valence-electron chi connectivity index (χ0n) is 9.26. The molecule has 2 aromatic rings. The van der Waals surface area contributed by atoms with Crippen molar-refractivity contribution in [2.45, 2.75) is 26.3 Å². The molecular formula is C11H13ClN4. The fourth-order valence-electron chi connectivity index (χ4n) is 1.32. The van der Waals surface area contributed by atoms with Crippen molar-refractivity contribution in [3.8, 4) is 11.4 Å². The molecule has 0 saturated heterocycles. The van der Waals surface area contributed by atoms with Crippen LogP contribution in [0.1, 0.15) is 26.3 Å². The Morgan fingerprint density at radius 2 is 2.25 bits per heavy atom. The largest absolute Gasteiger partial charge is 0.204 e. The van der Waals surface area contributed by atoms with Gasteiger partial charge < -0.3 is 0 Å². The lowest BCUT2D eigenvalue weighted by Crippen LogP contribution is -2.07. The highest BCUT2D eigenvalue weighted by Crippen LogP contribution is 2.19. The lowest BCUT2D eigenvalue weighted by Gasteiger charge is -2.04. The van der Waals surface area contributed by atoms with Crippen LogP contribution >= 0.6 is 11.6 Å². The van der Waals surface area contributed by atoms with Crippen LogP contribution in [0.5, 0.6) is 0 Å². The third-order valence-corrected chi connectivity index (χ3v) is 2.73. The van der Waals surface area contributed by atoms with E-state index in [2.05, 4.69) is 29.3 Å². The molecule has 1 heterocycles. The van der Waals surface area contributed by atoms with Crippen LogP contribution in [-0.2, 0) is 0 Å². The summed E-state index contributed by atoms with van der Waals surface area (Å²) < 4.78 is 0. The van der Waals surface area contributed by atoms with Gasteiger partial charge in [0.2, 0.25) is 5.82 Å². The summed E-state index contributed by atoms with van der Waals surface area (Å²) in [7, 11) is 0. The molecule has 1 aromatic carbocycles. The second-order valence-corrected chi connectivity index (χ2v) is 4.14. The van der Waals surface area contributed by atoms with Crippen LogP contribution in [0.3, 0.4) is 0 Å². The number of halogens is 1. The van der Waals surface area contributed by atoms with E-state index in [0.717, 1.165) is 12.0 Å². The van der Waals surface area contributed by atoms with Crippen molar-refractivity contribution < 1.29 is 0 Å². The van der Waals surface area contributed by atoms with Crippen LogP contribution in [-0.4, -0.2) is 20.2 Å². The van der Waals surface area contributed by atoms with Gasteiger partial charge in [-0.15, -0.1) is 10.2 Å². The average molecular weight is 237 g/mol. The van der Waals surface area contributed by atoms with E-state index in [-0.39, 0.29) is 6.04 Å². The van der Waals surface area contributed by atoms with E-state index in [1.165, 1.54) is 0 Å². The Balaban J connectivity index is 2.31. The van der Waals surface area contributed by atoms with Crippen LogP contribution in [0.15, 0.2) is 24.3 Å². The molecule has 0 fully saturated rings. The highest BCUT2D eigenvalue weighted by atomic mass is 35.5. The van der Waals surface area contributed by atoms with Gasteiger partial charge in [-0.3, -0.25) is 0 Å². The minimum absolute atomic E-state index is 0.264. The summed E-state index contributed by atoms with van der Waals surface area (Å²) in [4.78, 5) is 1.64. The van der Waals surface area contributed by atoms with Crippen molar-refractivity contribution in [2.24, 2.45) is 0 Å². The topological polar surface area (TPSA) is 43.6 Å². The summed E-state index contributed by atoms with van der Waals surface area (Å²) in [6.07, 6.45) is 0.978. The maximum absolute atomic E-state index is 5.91. The summed E-state index contributed by atoms with van der Waals surface area (Å²) in [5.74, 6) is 0.614. The highest BCUT2D eigenvalue weighted by molar-refractivity contribution is 6.30. The number of rotatable bonds is 3. The zero-order valence-corrected chi connectivity index (χ0v) is 10.0. The Labute approximate surface area is 99.2 Å². The van der Waals surface area contributed by atoms with Gasteiger partial charge in [0, 0.05) is 10.6 Å². The first-order valence-corrected chi connectivity index (χ1v) is 5.64. The van der Waals surface area contributed by atoms with Gasteiger partial charge in [0.15, 0.2) is 0 Å². The average Bonchev–Trinajstić information content (AvgIpc) is 2.77. The van der Waals surface area contributed by atoms with Crippen molar-refractivity contribution >= 4 is 11.6 Å². The molecule has 0 radical (unpaired) electrons. The standard InChI is InChI=1S/C11H13ClN4/c1-3-8(2)16-14-11(13-15-16)9-5-4-6-10(12)7-9/h4-8H,3H2,1-2H3. The van der Waals surface area contributed by atoms with E-state index in [4.69, 9.17) is 11.6 Å². The van der Waals surface area contributed by atoms with Crippen molar-refractivity contribution in [3.05, 3.63) is 29.3 Å². The monoisotopic (exact) mass is 236 g/mol. The van der Waals surface area contributed by atoms with Crippen molar-refractivity contribution in [1.29, 1.82) is 0 Å². The van der Waals surface area contributed by atoms with E-state index >= 15 is 0 Å². The molecule has 4 nitrogen and oxygen atoms in total. The second-order valence-electron chi connectivity index (χ2n) is 3.70. The molecule has 84 valence electrons. The predicted molar refractivity (Wildman–Crippen MR) is 63.3 cm³/mol. The molecule has 0 amide bonds. The maximum Gasteiger partial charge on any atom is 0.204 e. The van der Waals surface area contributed by atoms with Crippen LogP contribution < -0.4 is 0 Å². The summed E-state index contributed by atoms with van der Waals surface area (Å²) in [5.41, 5.74) is 0.891. The number of tetrazole rings is 1. The molecule has 16 heavy (non-hydrogen) atoms. The molecular weight excluding hydrogens is 224 g/mol. The number of nitrogens with zero attached hydrogens (tertiary/aromatic N) is 4. The molecule has 0 spiro atoms. The normalized spacial score (nSPS) is 12.7. The Morgan fingerprint density at radius 3 is 2.94 bits per heavy atom. The number of aromatic nitrogens is 4.